The Morgan fingerprint density at radius 2 is 2.06 bits per heavy atom. The lowest BCUT2D eigenvalue weighted by molar-refractivity contribution is -0.155. The average molecular weight is 254 g/mol. The summed E-state index contributed by atoms with van der Waals surface area (Å²) >= 11 is 0. The molecule has 0 amide bonds. The normalized spacial score (nSPS) is 18.7. The fraction of sp³-hybridized carbons (Fsp3) is 1.00. The number of rotatable bonds is 8. The topological polar surface area (TPSA) is 38.5 Å². The number of hydrogen-bond acceptors (Lipinski definition) is 3. The molecular weight excluding hydrogens is 233 g/mol. The van der Waals surface area contributed by atoms with Crippen molar-refractivity contribution in [3.05, 3.63) is 0 Å². The molecule has 1 aliphatic rings. The Balaban J connectivity index is 2.56. The third-order valence-corrected chi connectivity index (χ3v) is 2.95. The summed E-state index contributed by atoms with van der Waals surface area (Å²) in [6.07, 6.45) is -1.03. The first kappa shape index (κ1) is 14.7. The summed E-state index contributed by atoms with van der Waals surface area (Å²) in [5, 5.41) is 0. The van der Waals surface area contributed by atoms with E-state index in [1.807, 2.05) is 0 Å². The van der Waals surface area contributed by atoms with E-state index in [-0.39, 0.29) is 12.1 Å². The molecule has 1 fully saturated rings. The van der Waals surface area contributed by atoms with Gasteiger partial charge in [0.2, 0.25) is 0 Å². The molecule has 6 heteroatoms. The van der Waals surface area contributed by atoms with E-state index in [0.29, 0.717) is 19.6 Å². The molecule has 0 aromatic heterocycles. The van der Waals surface area contributed by atoms with Gasteiger partial charge in [-0.15, -0.1) is 0 Å². The highest BCUT2D eigenvalue weighted by atomic mass is 19.4. The number of hydrogen-bond donors (Lipinski definition) is 1. The number of ether oxygens (including phenoxy) is 1. The second-order valence-corrected chi connectivity index (χ2v) is 4.56. The van der Waals surface area contributed by atoms with Crippen molar-refractivity contribution in [3.8, 4) is 0 Å². The molecule has 1 saturated carbocycles. The van der Waals surface area contributed by atoms with Gasteiger partial charge in [0.15, 0.2) is 0 Å². The highest BCUT2D eigenvalue weighted by molar-refractivity contribution is 4.90. The number of methoxy groups -OCH3 is 1. The van der Waals surface area contributed by atoms with E-state index in [4.69, 9.17) is 10.5 Å². The Bertz CT molecular complexity index is 219. The van der Waals surface area contributed by atoms with Gasteiger partial charge in [-0.1, -0.05) is 0 Å². The van der Waals surface area contributed by atoms with E-state index in [1.54, 1.807) is 4.90 Å². The van der Waals surface area contributed by atoms with Crippen LogP contribution >= 0.6 is 0 Å². The summed E-state index contributed by atoms with van der Waals surface area (Å²) in [6.45, 7) is 0.00752. The van der Waals surface area contributed by atoms with Gasteiger partial charge in [-0.2, -0.15) is 13.2 Å². The summed E-state index contributed by atoms with van der Waals surface area (Å²) in [7, 11) is 1.52. The van der Waals surface area contributed by atoms with E-state index in [0.717, 1.165) is 19.3 Å². The van der Waals surface area contributed by atoms with E-state index in [2.05, 4.69) is 0 Å². The molecule has 0 aliphatic heterocycles. The maximum atomic E-state index is 12.5. The molecule has 0 heterocycles. The zero-order valence-corrected chi connectivity index (χ0v) is 10.2. The minimum absolute atomic E-state index is 0.0783. The standard InChI is InChI=1S/C11H21F3N2O/c1-17-7-10(3-2-6-15)16(9-4-5-9)8-11(12,13)14/h9-10H,2-8,15H2,1H3. The van der Waals surface area contributed by atoms with Crippen LogP contribution in [-0.2, 0) is 4.74 Å². The van der Waals surface area contributed by atoms with Crippen molar-refractivity contribution in [1.29, 1.82) is 0 Å². The van der Waals surface area contributed by atoms with Crippen LogP contribution in [0.3, 0.4) is 0 Å². The van der Waals surface area contributed by atoms with E-state index < -0.39 is 12.7 Å². The number of nitrogens with two attached hydrogens (primary N) is 1. The molecule has 0 spiro atoms. The van der Waals surface area contributed by atoms with Crippen LogP contribution in [0.2, 0.25) is 0 Å². The first-order chi connectivity index (χ1) is 7.98. The van der Waals surface area contributed by atoms with Gasteiger partial charge in [-0.25, -0.2) is 0 Å². The van der Waals surface area contributed by atoms with E-state index in [9.17, 15) is 13.2 Å². The van der Waals surface area contributed by atoms with Gasteiger partial charge in [0.05, 0.1) is 13.2 Å². The van der Waals surface area contributed by atoms with Crippen molar-refractivity contribution in [3.63, 3.8) is 0 Å². The average Bonchev–Trinajstić information content (AvgIpc) is 3.03. The summed E-state index contributed by atoms with van der Waals surface area (Å²) in [5.74, 6) is 0. The molecule has 0 aromatic carbocycles. The van der Waals surface area contributed by atoms with Gasteiger partial charge in [0.25, 0.3) is 0 Å². The van der Waals surface area contributed by atoms with Crippen LogP contribution in [-0.4, -0.2) is 50.0 Å². The fourth-order valence-corrected chi connectivity index (χ4v) is 2.06. The van der Waals surface area contributed by atoms with Crippen molar-refractivity contribution < 1.29 is 17.9 Å². The van der Waals surface area contributed by atoms with Crippen LogP contribution in [0.25, 0.3) is 0 Å². The molecule has 0 saturated heterocycles. The van der Waals surface area contributed by atoms with Crippen molar-refractivity contribution in [1.82, 2.24) is 4.90 Å². The molecule has 0 aromatic rings. The lowest BCUT2D eigenvalue weighted by atomic mass is 10.1. The molecule has 1 aliphatic carbocycles. The van der Waals surface area contributed by atoms with Crippen molar-refractivity contribution in [2.24, 2.45) is 5.73 Å². The molecule has 102 valence electrons. The van der Waals surface area contributed by atoms with Gasteiger partial charge in [0, 0.05) is 19.2 Å². The quantitative estimate of drug-likeness (QED) is 0.717. The molecule has 0 bridgehead atoms. The number of alkyl halides is 3. The first-order valence-electron chi connectivity index (χ1n) is 5.99. The minimum atomic E-state index is -4.14. The lowest BCUT2D eigenvalue weighted by Crippen LogP contribution is -2.45. The fourth-order valence-electron chi connectivity index (χ4n) is 2.06. The second-order valence-electron chi connectivity index (χ2n) is 4.56. The molecule has 1 unspecified atom stereocenters. The maximum Gasteiger partial charge on any atom is 0.401 e. The van der Waals surface area contributed by atoms with Crippen LogP contribution in [0.4, 0.5) is 13.2 Å². The smallest absolute Gasteiger partial charge is 0.383 e. The van der Waals surface area contributed by atoms with Crippen LogP contribution in [0, 0.1) is 0 Å². The summed E-state index contributed by atoms with van der Waals surface area (Å²) in [5.41, 5.74) is 5.41. The SMILES string of the molecule is COCC(CCCN)N(CC(F)(F)F)C1CC1. The van der Waals surface area contributed by atoms with E-state index in [1.165, 1.54) is 7.11 Å². The van der Waals surface area contributed by atoms with Crippen LogP contribution in [0.15, 0.2) is 0 Å². The van der Waals surface area contributed by atoms with E-state index >= 15 is 0 Å². The van der Waals surface area contributed by atoms with Gasteiger partial charge in [-0.3, -0.25) is 4.90 Å². The molecule has 1 atom stereocenters. The van der Waals surface area contributed by atoms with Crippen LogP contribution < -0.4 is 5.73 Å². The van der Waals surface area contributed by atoms with Crippen LogP contribution in [0.1, 0.15) is 25.7 Å². The third-order valence-electron chi connectivity index (χ3n) is 2.95. The van der Waals surface area contributed by atoms with Gasteiger partial charge >= 0.3 is 6.18 Å². The van der Waals surface area contributed by atoms with Gasteiger partial charge in [0.1, 0.15) is 0 Å². The minimum Gasteiger partial charge on any atom is -0.383 e. The second kappa shape index (κ2) is 6.56. The molecule has 3 nitrogen and oxygen atoms in total. The highest BCUT2D eigenvalue weighted by Crippen LogP contribution is 2.32. The monoisotopic (exact) mass is 254 g/mol. The van der Waals surface area contributed by atoms with Crippen molar-refractivity contribution >= 4 is 0 Å². The molecular formula is C11H21F3N2O. The summed E-state index contributed by atoms with van der Waals surface area (Å²) < 4.78 is 42.6. The highest BCUT2D eigenvalue weighted by Gasteiger charge is 2.41. The predicted octanol–water partition coefficient (Wildman–Crippen LogP) is 1.77. The summed E-state index contributed by atoms with van der Waals surface area (Å²) in [4.78, 5) is 1.54. The van der Waals surface area contributed by atoms with Gasteiger partial charge < -0.3 is 10.5 Å². The lowest BCUT2D eigenvalue weighted by Gasteiger charge is -2.32. The first-order valence-corrected chi connectivity index (χ1v) is 5.99. The Hall–Kier alpha value is -0.330. The Labute approximate surface area is 100 Å². The molecule has 1 rings (SSSR count). The molecule has 0 radical (unpaired) electrons. The Morgan fingerprint density at radius 1 is 1.41 bits per heavy atom. The van der Waals surface area contributed by atoms with Crippen LogP contribution in [0.5, 0.6) is 0 Å². The van der Waals surface area contributed by atoms with Crippen molar-refractivity contribution in [2.45, 2.75) is 43.9 Å². The molecule has 2 N–H and O–H groups in total. The largest absolute Gasteiger partial charge is 0.401 e. The zero-order chi connectivity index (χ0) is 12.9. The van der Waals surface area contributed by atoms with Gasteiger partial charge in [-0.05, 0) is 32.2 Å². The predicted molar refractivity (Wildman–Crippen MR) is 59.7 cm³/mol. The Morgan fingerprint density at radius 3 is 2.47 bits per heavy atom. The third kappa shape index (κ3) is 5.70. The maximum absolute atomic E-state index is 12.5. The molecule has 17 heavy (non-hydrogen) atoms. The Kier molecular flexibility index (Phi) is 5.69. The number of nitrogens with zero attached hydrogens (tertiary/aromatic N) is 1. The zero-order valence-electron chi connectivity index (χ0n) is 10.2. The summed E-state index contributed by atoms with van der Waals surface area (Å²) in [6, 6.07) is -0.0905. The number of halogens is 3. The van der Waals surface area contributed by atoms with Crippen molar-refractivity contribution in [2.75, 3.05) is 26.8 Å².